The molecule has 2 aliphatic rings. The highest BCUT2D eigenvalue weighted by molar-refractivity contribution is 7.89. The first-order chi connectivity index (χ1) is 8.97. The van der Waals surface area contributed by atoms with E-state index in [1.807, 2.05) is 0 Å². The number of sulfonamides is 1. The molecule has 8 heteroatoms. The Hall–Kier alpha value is -0.990. The molecular weight excluding hydrogens is 268 g/mol. The Morgan fingerprint density at radius 2 is 2.21 bits per heavy atom. The number of rotatable bonds is 5. The predicted octanol–water partition coefficient (Wildman–Crippen LogP) is -0.545. The van der Waals surface area contributed by atoms with E-state index in [2.05, 4.69) is 10.3 Å². The highest BCUT2D eigenvalue weighted by atomic mass is 32.2. The monoisotopic (exact) mass is 286 g/mol. The third-order valence-corrected chi connectivity index (χ3v) is 5.75. The first-order valence-corrected chi connectivity index (χ1v) is 8.12. The average molecular weight is 286 g/mol. The van der Waals surface area contributed by atoms with Crippen LogP contribution in [0.25, 0.3) is 0 Å². The number of nitrogens with zero attached hydrogens (tertiary/aromatic N) is 4. The smallest absolute Gasteiger partial charge is 0.214 e. The van der Waals surface area contributed by atoms with Crippen molar-refractivity contribution < 1.29 is 13.5 Å². The van der Waals surface area contributed by atoms with Crippen LogP contribution in [0.3, 0.4) is 0 Å². The van der Waals surface area contributed by atoms with Crippen LogP contribution in [0.15, 0.2) is 12.4 Å². The van der Waals surface area contributed by atoms with Crippen LogP contribution in [0, 0.1) is 5.92 Å². The molecule has 0 radical (unpaired) electrons. The molecule has 19 heavy (non-hydrogen) atoms. The number of hydrogen-bond donors (Lipinski definition) is 1. The van der Waals surface area contributed by atoms with Crippen LogP contribution in [0.2, 0.25) is 0 Å². The number of β-amino-alcohol motifs (C(OH)–C–C–N with tert-alkyl or cyclic N) is 1. The lowest BCUT2D eigenvalue weighted by molar-refractivity contribution is 0.0341. The van der Waals surface area contributed by atoms with Crippen LogP contribution in [-0.4, -0.2) is 57.3 Å². The predicted molar refractivity (Wildman–Crippen MR) is 67.7 cm³/mol. The van der Waals surface area contributed by atoms with Crippen molar-refractivity contribution in [2.75, 3.05) is 18.8 Å². The zero-order chi connectivity index (χ0) is 13.5. The van der Waals surface area contributed by atoms with E-state index in [1.165, 1.54) is 8.99 Å². The molecule has 0 amide bonds. The molecule has 1 aliphatic heterocycles. The normalized spacial score (nSPS) is 28.9. The third kappa shape index (κ3) is 2.96. The first-order valence-electron chi connectivity index (χ1n) is 6.51. The maximum atomic E-state index is 12.2. The molecule has 0 spiro atoms. The largest absolute Gasteiger partial charge is 0.387 e. The van der Waals surface area contributed by atoms with Crippen molar-refractivity contribution in [2.45, 2.75) is 31.4 Å². The molecule has 1 atom stereocenters. The Labute approximate surface area is 112 Å². The van der Waals surface area contributed by atoms with E-state index in [9.17, 15) is 13.5 Å². The van der Waals surface area contributed by atoms with Crippen molar-refractivity contribution in [3.63, 3.8) is 0 Å². The summed E-state index contributed by atoms with van der Waals surface area (Å²) in [5, 5.41) is 17.9. The van der Waals surface area contributed by atoms with E-state index in [0.717, 1.165) is 12.8 Å². The minimum atomic E-state index is -3.22. The molecule has 2 fully saturated rings. The maximum Gasteiger partial charge on any atom is 0.214 e. The Bertz CT molecular complexity index is 540. The lowest BCUT2D eigenvalue weighted by atomic mass is 10.0. The van der Waals surface area contributed by atoms with Crippen LogP contribution in [0.4, 0.5) is 0 Å². The molecule has 1 saturated heterocycles. The van der Waals surface area contributed by atoms with Crippen molar-refractivity contribution in [3.05, 3.63) is 12.4 Å². The molecule has 1 aromatic rings. The van der Waals surface area contributed by atoms with Gasteiger partial charge in [-0.15, -0.1) is 5.10 Å². The molecule has 1 N–H and O–H groups in total. The fraction of sp³-hybridized carbons (Fsp3) is 0.818. The van der Waals surface area contributed by atoms with Crippen molar-refractivity contribution in [1.29, 1.82) is 0 Å². The highest BCUT2D eigenvalue weighted by Gasteiger charge is 2.43. The maximum absolute atomic E-state index is 12.2. The zero-order valence-electron chi connectivity index (χ0n) is 10.6. The summed E-state index contributed by atoms with van der Waals surface area (Å²) in [4.78, 5) is 0. The van der Waals surface area contributed by atoms with Gasteiger partial charge in [0.1, 0.15) is 0 Å². The molecule has 1 aromatic heterocycles. The van der Waals surface area contributed by atoms with Crippen LogP contribution >= 0.6 is 0 Å². The van der Waals surface area contributed by atoms with Crippen LogP contribution in [0.1, 0.15) is 19.3 Å². The summed E-state index contributed by atoms with van der Waals surface area (Å²) >= 11 is 0. The van der Waals surface area contributed by atoms with Gasteiger partial charge >= 0.3 is 0 Å². The minimum Gasteiger partial charge on any atom is -0.387 e. The van der Waals surface area contributed by atoms with Crippen molar-refractivity contribution in [1.82, 2.24) is 19.3 Å². The quantitative estimate of drug-likeness (QED) is 0.785. The van der Waals surface area contributed by atoms with Crippen molar-refractivity contribution in [3.8, 4) is 0 Å². The van der Waals surface area contributed by atoms with Gasteiger partial charge in [-0.2, -0.15) is 4.31 Å². The fourth-order valence-corrected chi connectivity index (χ4v) is 4.44. The van der Waals surface area contributed by atoms with Crippen LogP contribution < -0.4 is 0 Å². The Morgan fingerprint density at radius 3 is 2.84 bits per heavy atom. The first kappa shape index (κ1) is 13.0. The molecule has 2 heterocycles. The Morgan fingerprint density at radius 1 is 1.42 bits per heavy atom. The Kier molecular flexibility index (Phi) is 3.11. The van der Waals surface area contributed by atoms with E-state index in [0.29, 0.717) is 18.9 Å². The Balaban J connectivity index is 1.65. The fourth-order valence-electron chi connectivity index (χ4n) is 2.49. The van der Waals surface area contributed by atoms with Gasteiger partial charge in [0.05, 0.1) is 24.1 Å². The van der Waals surface area contributed by atoms with E-state index in [4.69, 9.17) is 0 Å². The number of hydrogen-bond acceptors (Lipinski definition) is 5. The molecule has 1 aliphatic carbocycles. The van der Waals surface area contributed by atoms with E-state index in [-0.39, 0.29) is 18.8 Å². The lowest BCUT2D eigenvalue weighted by Crippen LogP contribution is -2.40. The van der Waals surface area contributed by atoms with Gasteiger partial charge in [0.15, 0.2) is 0 Å². The summed E-state index contributed by atoms with van der Waals surface area (Å²) in [6.07, 6.45) is 5.67. The molecule has 106 valence electrons. The zero-order valence-corrected chi connectivity index (χ0v) is 11.5. The molecule has 1 unspecified atom stereocenters. The minimum absolute atomic E-state index is 0.155. The summed E-state index contributed by atoms with van der Waals surface area (Å²) in [6.45, 7) is 0.824. The summed E-state index contributed by atoms with van der Waals surface area (Å²) in [7, 11) is -3.22. The van der Waals surface area contributed by atoms with Gasteiger partial charge in [-0.1, -0.05) is 5.21 Å². The van der Waals surface area contributed by atoms with Gasteiger partial charge in [-0.05, 0) is 25.2 Å². The third-order valence-electron chi connectivity index (χ3n) is 3.76. The number of aromatic nitrogens is 3. The standard InChI is InChI=1S/C11H18N4O3S/c16-11(8-14-6-4-12-13-14)3-5-15(9-11)19(17,18)7-10-1-2-10/h4,6,10,16H,1-3,5,7-9H2. The summed E-state index contributed by atoms with van der Waals surface area (Å²) in [5.41, 5.74) is -1.04. The van der Waals surface area contributed by atoms with Crippen molar-refractivity contribution in [2.24, 2.45) is 5.92 Å². The van der Waals surface area contributed by atoms with Gasteiger partial charge in [-0.3, -0.25) is 0 Å². The second-order valence-corrected chi connectivity index (χ2v) is 7.64. The number of aliphatic hydroxyl groups is 1. The summed E-state index contributed by atoms with van der Waals surface area (Å²) < 4.78 is 27.3. The van der Waals surface area contributed by atoms with Gasteiger partial charge in [0, 0.05) is 19.3 Å². The van der Waals surface area contributed by atoms with Gasteiger partial charge in [0.25, 0.3) is 0 Å². The summed E-state index contributed by atoms with van der Waals surface area (Å²) in [5.74, 6) is 0.556. The molecule has 1 saturated carbocycles. The van der Waals surface area contributed by atoms with E-state index in [1.54, 1.807) is 12.4 Å². The second kappa shape index (κ2) is 4.53. The molecule has 3 rings (SSSR count). The summed E-state index contributed by atoms with van der Waals surface area (Å²) in [6, 6.07) is 0. The van der Waals surface area contributed by atoms with E-state index >= 15 is 0 Å². The SMILES string of the molecule is O=S(=O)(CC1CC1)N1CCC(O)(Cn2ccnn2)C1. The lowest BCUT2D eigenvalue weighted by Gasteiger charge is -2.23. The second-order valence-electron chi connectivity index (χ2n) is 5.63. The molecule has 0 aromatic carbocycles. The van der Waals surface area contributed by atoms with E-state index < -0.39 is 15.6 Å². The topological polar surface area (TPSA) is 88.3 Å². The molecular formula is C11H18N4O3S. The van der Waals surface area contributed by atoms with Crippen molar-refractivity contribution >= 4 is 10.0 Å². The van der Waals surface area contributed by atoms with Gasteiger partial charge in [0.2, 0.25) is 10.0 Å². The van der Waals surface area contributed by atoms with Gasteiger partial charge in [-0.25, -0.2) is 13.1 Å². The molecule has 0 bridgehead atoms. The highest BCUT2D eigenvalue weighted by Crippen LogP contribution is 2.33. The van der Waals surface area contributed by atoms with Crippen LogP contribution in [-0.2, 0) is 16.6 Å². The van der Waals surface area contributed by atoms with Crippen LogP contribution in [0.5, 0.6) is 0 Å². The average Bonchev–Trinajstić information content (AvgIpc) is 2.84. The molecule has 7 nitrogen and oxygen atoms in total. The van der Waals surface area contributed by atoms with Gasteiger partial charge < -0.3 is 5.11 Å².